The molecule has 0 aliphatic rings. The summed E-state index contributed by atoms with van der Waals surface area (Å²) in [6, 6.07) is 22.7. The first-order valence-corrected chi connectivity index (χ1v) is 8.81. The number of carbonyl (C=O) groups excluding carboxylic acids is 1. The number of carbonyl (C=O) groups is 1. The number of aromatic nitrogens is 2. The second-order valence-corrected chi connectivity index (χ2v) is 6.18. The molecule has 0 unspecified atom stereocenters. The van der Waals surface area contributed by atoms with Crippen molar-refractivity contribution in [1.29, 1.82) is 0 Å². The van der Waals surface area contributed by atoms with Crippen molar-refractivity contribution in [2.45, 2.75) is 6.61 Å². The summed E-state index contributed by atoms with van der Waals surface area (Å²) in [4.78, 5) is 19.4. The molecular weight excluding hydrogens is 352 g/mol. The molecule has 0 radical (unpaired) electrons. The number of fused-ring (bicyclic) bond motifs is 1. The number of aromatic amines is 1. The van der Waals surface area contributed by atoms with Crippen molar-refractivity contribution in [3.05, 3.63) is 95.8 Å². The summed E-state index contributed by atoms with van der Waals surface area (Å²) in [7, 11) is 0. The first-order chi connectivity index (χ1) is 13.8. The first-order valence-electron chi connectivity index (χ1n) is 8.81. The Morgan fingerprint density at radius 1 is 1.07 bits per heavy atom. The molecule has 0 saturated carbocycles. The largest absolute Gasteiger partial charge is 0.489 e. The van der Waals surface area contributed by atoms with Gasteiger partial charge in [0.1, 0.15) is 12.4 Å². The fourth-order valence-electron chi connectivity index (χ4n) is 2.73. The molecule has 0 bridgehead atoms. The maximum Gasteiger partial charge on any atom is 0.271 e. The van der Waals surface area contributed by atoms with Crippen LogP contribution in [0.1, 0.15) is 21.5 Å². The molecule has 4 aromatic rings. The quantitative estimate of drug-likeness (QED) is 0.399. The van der Waals surface area contributed by atoms with E-state index in [1.54, 1.807) is 30.7 Å². The molecule has 3 aromatic carbocycles. The van der Waals surface area contributed by atoms with Crippen LogP contribution in [0.4, 0.5) is 0 Å². The van der Waals surface area contributed by atoms with Gasteiger partial charge in [-0.25, -0.2) is 10.4 Å². The van der Waals surface area contributed by atoms with E-state index >= 15 is 0 Å². The van der Waals surface area contributed by atoms with Crippen LogP contribution in [-0.2, 0) is 6.61 Å². The molecule has 0 fully saturated rings. The highest BCUT2D eigenvalue weighted by atomic mass is 16.5. The van der Waals surface area contributed by atoms with Crippen molar-refractivity contribution in [3.63, 3.8) is 0 Å². The van der Waals surface area contributed by atoms with Crippen LogP contribution < -0.4 is 10.2 Å². The summed E-state index contributed by atoms with van der Waals surface area (Å²) < 4.78 is 5.80. The molecule has 0 spiro atoms. The van der Waals surface area contributed by atoms with Crippen LogP contribution in [-0.4, -0.2) is 22.1 Å². The van der Waals surface area contributed by atoms with E-state index in [0.29, 0.717) is 12.2 Å². The Hall–Kier alpha value is -3.93. The minimum Gasteiger partial charge on any atom is -0.489 e. The van der Waals surface area contributed by atoms with Crippen LogP contribution in [0.5, 0.6) is 5.75 Å². The molecule has 1 heterocycles. The number of nitrogens with zero attached hydrogens (tertiary/aromatic N) is 2. The molecule has 4 rings (SSSR count). The molecule has 0 aliphatic heterocycles. The van der Waals surface area contributed by atoms with Crippen molar-refractivity contribution in [2.24, 2.45) is 5.10 Å². The molecule has 6 heteroatoms. The highest BCUT2D eigenvalue weighted by Gasteiger charge is 2.06. The highest BCUT2D eigenvalue weighted by Crippen LogP contribution is 2.14. The van der Waals surface area contributed by atoms with Crippen LogP contribution >= 0.6 is 0 Å². The van der Waals surface area contributed by atoms with Gasteiger partial charge in [-0.05, 0) is 41.5 Å². The van der Waals surface area contributed by atoms with E-state index in [-0.39, 0.29) is 5.91 Å². The van der Waals surface area contributed by atoms with Crippen LogP contribution in [0, 0.1) is 0 Å². The lowest BCUT2D eigenvalue weighted by atomic mass is 10.2. The molecule has 0 aliphatic carbocycles. The number of ether oxygens (including phenoxy) is 1. The predicted octanol–water partition coefficient (Wildman–Crippen LogP) is 3.91. The average molecular weight is 370 g/mol. The van der Waals surface area contributed by atoms with Gasteiger partial charge in [0.2, 0.25) is 0 Å². The van der Waals surface area contributed by atoms with Gasteiger partial charge in [-0.1, -0.05) is 42.5 Å². The number of amides is 1. The van der Waals surface area contributed by atoms with Crippen LogP contribution in [0.2, 0.25) is 0 Å². The number of hydrazone groups is 1. The molecule has 138 valence electrons. The maximum atomic E-state index is 12.2. The molecule has 6 nitrogen and oxygen atoms in total. The Kier molecular flexibility index (Phi) is 5.11. The summed E-state index contributed by atoms with van der Waals surface area (Å²) in [5.74, 6) is 0.452. The number of H-pyrrole nitrogens is 1. The van der Waals surface area contributed by atoms with Crippen molar-refractivity contribution < 1.29 is 9.53 Å². The fourth-order valence-corrected chi connectivity index (χ4v) is 2.73. The zero-order valence-electron chi connectivity index (χ0n) is 15.0. The zero-order chi connectivity index (χ0) is 19.2. The van der Waals surface area contributed by atoms with Crippen LogP contribution in [0.15, 0.2) is 84.2 Å². The maximum absolute atomic E-state index is 12.2. The number of hydrogen-bond donors (Lipinski definition) is 2. The standard InChI is InChI=1S/C22H18N4O2/c27-22(18-9-10-20-21(12-18)24-15-23-20)26-25-13-17-7-4-8-19(11-17)28-14-16-5-2-1-3-6-16/h1-13,15H,14H2,(H,23,24)(H,26,27). The van der Waals surface area contributed by atoms with Gasteiger partial charge in [0.05, 0.1) is 23.6 Å². The third kappa shape index (κ3) is 4.24. The monoisotopic (exact) mass is 370 g/mol. The Balaban J connectivity index is 1.36. The Morgan fingerprint density at radius 2 is 1.96 bits per heavy atom. The third-order valence-corrected chi connectivity index (χ3v) is 4.17. The summed E-state index contributed by atoms with van der Waals surface area (Å²) in [6.07, 6.45) is 3.18. The molecule has 2 N–H and O–H groups in total. The molecule has 1 aromatic heterocycles. The van der Waals surface area contributed by atoms with Gasteiger partial charge in [-0.2, -0.15) is 5.10 Å². The topological polar surface area (TPSA) is 79.4 Å². The Morgan fingerprint density at radius 3 is 2.86 bits per heavy atom. The van der Waals surface area contributed by atoms with E-state index in [2.05, 4.69) is 20.5 Å². The summed E-state index contributed by atoms with van der Waals surface area (Å²) in [5, 5.41) is 4.04. The fraction of sp³-hybridized carbons (Fsp3) is 0.0455. The second-order valence-electron chi connectivity index (χ2n) is 6.18. The lowest BCUT2D eigenvalue weighted by Crippen LogP contribution is -2.17. The van der Waals surface area contributed by atoms with Gasteiger partial charge in [0, 0.05) is 5.56 Å². The van der Waals surface area contributed by atoms with Gasteiger partial charge in [0.15, 0.2) is 0 Å². The summed E-state index contributed by atoms with van der Waals surface area (Å²) >= 11 is 0. The normalized spacial score (nSPS) is 11.0. The number of imidazole rings is 1. The van der Waals surface area contributed by atoms with Crippen LogP contribution in [0.25, 0.3) is 11.0 Å². The SMILES string of the molecule is O=C(NN=Cc1cccc(OCc2ccccc2)c1)c1ccc2nc[nH]c2c1. The minimum absolute atomic E-state index is 0.288. The van der Waals surface area contributed by atoms with Gasteiger partial charge in [0.25, 0.3) is 5.91 Å². The number of benzene rings is 3. The summed E-state index contributed by atoms with van der Waals surface area (Å²) in [6.45, 7) is 0.494. The Bertz CT molecular complexity index is 1120. The smallest absolute Gasteiger partial charge is 0.271 e. The van der Waals surface area contributed by atoms with E-state index < -0.39 is 0 Å². The van der Waals surface area contributed by atoms with Crippen molar-refractivity contribution in [3.8, 4) is 5.75 Å². The molecule has 0 saturated heterocycles. The third-order valence-electron chi connectivity index (χ3n) is 4.17. The van der Waals surface area contributed by atoms with Gasteiger partial charge < -0.3 is 9.72 Å². The van der Waals surface area contributed by atoms with Gasteiger partial charge in [-0.3, -0.25) is 4.79 Å². The lowest BCUT2D eigenvalue weighted by molar-refractivity contribution is 0.0955. The number of rotatable bonds is 6. The molecule has 1 amide bonds. The number of hydrogen-bond acceptors (Lipinski definition) is 4. The van der Waals surface area contributed by atoms with E-state index in [9.17, 15) is 4.79 Å². The Labute approximate surface area is 161 Å². The van der Waals surface area contributed by atoms with Gasteiger partial charge >= 0.3 is 0 Å². The molecule has 0 atom stereocenters. The predicted molar refractivity (Wildman–Crippen MR) is 108 cm³/mol. The zero-order valence-corrected chi connectivity index (χ0v) is 15.0. The van der Waals surface area contributed by atoms with E-state index in [1.165, 1.54) is 0 Å². The van der Waals surface area contributed by atoms with E-state index in [0.717, 1.165) is 27.9 Å². The number of nitrogens with one attached hydrogen (secondary N) is 2. The van der Waals surface area contributed by atoms with Crippen molar-refractivity contribution in [1.82, 2.24) is 15.4 Å². The highest BCUT2D eigenvalue weighted by molar-refractivity contribution is 5.97. The van der Waals surface area contributed by atoms with Crippen LogP contribution in [0.3, 0.4) is 0 Å². The van der Waals surface area contributed by atoms with Crippen molar-refractivity contribution >= 4 is 23.2 Å². The molecular formula is C22H18N4O2. The first kappa shape index (κ1) is 17.5. The van der Waals surface area contributed by atoms with E-state index in [4.69, 9.17) is 4.74 Å². The molecule has 28 heavy (non-hydrogen) atoms. The average Bonchev–Trinajstić information content (AvgIpc) is 3.21. The second kappa shape index (κ2) is 8.18. The summed E-state index contributed by atoms with van der Waals surface area (Å²) in [5.41, 5.74) is 6.59. The minimum atomic E-state index is -0.288. The lowest BCUT2D eigenvalue weighted by Gasteiger charge is -2.06. The van der Waals surface area contributed by atoms with Gasteiger partial charge in [-0.15, -0.1) is 0 Å². The van der Waals surface area contributed by atoms with Crippen molar-refractivity contribution in [2.75, 3.05) is 0 Å². The van der Waals surface area contributed by atoms with E-state index in [1.807, 2.05) is 54.6 Å².